The molecule has 0 bridgehead atoms. The van der Waals surface area contributed by atoms with E-state index in [1.807, 2.05) is 72.8 Å². The van der Waals surface area contributed by atoms with E-state index in [4.69, 9.17) is 4.74 Å². The van der Waals surface area contributed by atoms with E-state index in [9.17, 15) is 9.59 Å². The Bertz CT molecular complexity index is 920. The molecule has 0 saturated heterocycles. The smallest absolute Gasteiger partial charge is 0.239 e. The minimum Gasteiger partial charge on any atom is -0.493 e. The standard InChI is InChI=1S/C23H24N2O3/c26-22(25-17-23(27)24-16-18-8-2-1-3-9-18)14-7-15-28-21-13-6-11-19-10-4-5-12-20(19)21/h1-6,8-13H,7,14-17H2,(H,24,27)(H,25,26). The molecule has 0 unspecified atom stereocenters. The van der Waals surface area contributed by atoms with Gasteiger partial charge in [0.05, 0.1) is 13.2 Å². The molecule has 3 aromatic carbocycles. The Balaban J connectivity index is 1.33. The molecule has 2 N–H and O–H groups in total. The van der Waals surface area contributed by atoms with Crippen LogP contribution in [0.5, 0.6) is 5.75 Å². The van der Waals surface area contributed by atoms with Gasteiger partial charge in [0.2, 0.25) is 11.8 Å². The lowest BCUT2D eigenvalue weighted by atomic mass is 10.1. The van der Waals surface area contributed by atoms with Gasteiger partial charge in [-0.15, -0.1) is 0 Å². The summed E-state index contributed by atoms with van der Waals surface area (Å²) in [5.41, 5.74) is 1.02. The molecule has 3 rings (SSSR count). The lowest BCUT2D eigenvalue weighted by Gasteiger charge is -2.10. The van der Waals surface area contributed by atoms with Crippen LogP contribution in [0.4, 0.5) is 0 Å². The third kappa shape index (κ3) is 5.84. The summed E-state index contributed by atoms with van der Waals surface area (Å²) < 4.78 is 5.82. The van der Waals surface area contributed by atoms with Crippen molar-refractivity contribution < 1.29 is 14.3 Å². The second kappa shape index (κ2) is 10.1. The number of fused-ring (bicyclic) bond motifs is 1. The normalized spacial score (nSPS) is 10.4. The molecule has 0 radical (unpaired) electrons. The van der Waals surface area contributed by atoms with Crippen molar-refractivity contribution in [3.05, 3.63) is 78.4 Å². The molecule has 0 aliphatic heterocycles. The van der Waals surface area contributed by atoms with Crippen molar-refractivity contribution in [2.45, 2.75) is 19.4 Å². The first-order valence-electron chi connectivity index (χ1n) is 9.40. The number of carbonyl (C=O) groups is 2. The SMILES string of the molecule is O=C(CCCOc1cccc2ccccc12)NCC(=O)NCc1ccccc1. The Morgan fingerprint density at radius 3 is 2.39 bits per heavy atom. The molecule has 0 fully saturated rings. The molecule has 0 atom stereocenters. The summed E-state index contributed by atoms with van der Waals surface area (Å²) in [6.45, 7) is 0.881. The third-order valence-electron chi connectivity index (χ3n) is 4.33. The second-order valence-corrected chi connectivity index (χ2v) is 6.47. The number of amides is 2. The highest BCUT2D eigenvalue weighted by Gasteiger charge is 2.06. The fourth-order valence-corrected chi connectivity index (χ4v) is 2.86. The number of carbonyl (C=O) groups excluding carboxylic acids is 2. The van der Waals surface area contributed by atoms with E-state index < -0.39 is 0 Å². The van der Waals surface area contributed by atoms with Gasteiger partial charge in [-0.25, -0.2) is 0 Å². The Kier molecular flexibility index (Phi) is 7.01. The van der Waals surface area contributed by atoms with Crippen LogP contribution in [0.1, 0.15) is 18.4 Å². The van der Waals surface area contributed by atoms with Crippen molar-refractivity contribution in [3.63, 3.8) is 0 Å². The van der Waals surface area contributed by atoms with E-state index in [0.29, 0.717) is 26.0 Å². The van der Waals surface area contributed by atoms with Gasteiger partial charge in [0.15, 0.2) is 0 Å². The molecule has 0 aliphatic rings. The van der Waals surface area contributed by atoms with E-state index >= 15 is 0 Å². The molecule has 28 heavy (non-hydrogen) atoms. The van der Waals surface area contributed by atoms with Gasteiger partial charge in [-0.05, 0) is 23.4 Å². The van der Waals surface area contributed by atoms with Crippen molar-refractivity contribution in [1.29, 1.82) is 0 Å². The summed E-state index contributed by atoms with van der Waals surface area (Å²) in [7, 11) is 0. The Morgan fingerprint density at radius 2 is 1.54 bits per heavy atom. The highest BCUT2D eigenvalue weighted by molar-refractivity contribution is 5.88. The largest absolute Gasteiger partial charge is 0.493 e. The zero-order valence-corrected chi connectivity index (χ0v) is 15.7. The summed E-state index contributed by atoms with van der Waals surface area (Å²) >= 11 is 0. The number of benzene rings is 3. The molecule has 5 nitrogen and oxygen atoms in total. The highest BCUT2D eigenvalue weighted by Crippen LogP contribution is 2.25. The quantitative estimate of drug-likeness (QED) is 0.562. The predicted octanol–water partition coefficient (Wildman–Crippen LogP) is 3.43. The zero-order chi connectivity index (χ0) is 19.6. The van der Waals surface area contributed by atoms with Crippen LogP contribution in [0.3, 0.4) is 0 Å². The Labute approximate surface area is 164 Å². The summed E-state index contributed by atoms with van der Waals surface area (Å²) in [4.78, 5) is 23.7. The molecular formula is C23H24N2O3. The monoisotopic (exact) mass is 376 g/mol. The molecule has 0 aromatic heterocycles. The molecular weight excluding hydrogens is 352 g/mol. The molecule has 5 heteroatoms. The van der Waals surface area contributed by atoms with Crippen LogP contribution < -0.4 is 15.4 Å². The zero-order valence-electron chi connectivity index (χ0n) is 15.7. The van der Waals surface area contributed by atoms with Crippen LogP contribution in [-0.4, -0.2) is 25.0 Å². The lowest BCUT2D eigenvalue weighted by molar-refractivity contribution is -0.126. The Morgan fingerprint density at radius 1 is 0.786 bits per heavy atom. The van der Waals surface area contributed by atoms with Crippen molar-refractivity contribution in [1.82, 2.24) is 10.6 Å². The number of nitrogens with one attached hydrogen (secondary N) is 2. The van der Waals surface area contributed by atoms with Gasteiger partial charge in [-0.3, -0.25) is 9.59 Å². The number of hydrogen-bond acceptors (Lipinski definition) is 3. The maximum absolute atomic E-state index is 11.9. The van der Waals surface area contributed by atoms with Gasteiger partial charge in [0, 0.05) is 18.4 Å². The molecule has 0 aliphatic carbocycles. The van der Waals surface area contributed by atoms with Gasteiger partial charge in [-0.2, -0.15) is 0 Å². The minimum atomic E-state index is -0.204. The van der Waals surface area contributed by atoms with E-state index in [2.05, 4.69) is 10.6 Å². The summed E-state index contributed by atoms with van der Waals surface area (Å²) in [6.07, 6.45) is 0.900. The second-order valence-electron chi connectivity index (χ2n) is 6.47. The summed E-state index contributed by atoms with van der Waals surface area (Å²) in [5, 5.41) is 7.61. The Hall–Kier alpha value is -3.34. The molecule has 0 spiro atoms. The summed E-state index contributed by atoms with van der Waals surface area (Å²) in [5.74, 6) is 0.458. The van der Waals surface area contributed by atoms with Crippen LogP contribution in [0.15, 0.2) is 72.8 Å². The van der Waals surface area contributed by atoms with Gasteiger partial charge in [-0.1, -0.05) is 66.7 Å². The lowest BCUT2D eigenvalue weighted by Crippen LogP contribution is -2.36. The van der Waals surface area contributed by atoms with Gasteiger partial charge >= 0.3 is 0 Å². The first kappa shape index (κ1) is 19.4. The van der Waals surface area contributed by atoms with Crippen molar-refractivity contribution >= 4 is 22.6 Å². The molecule has 0 saturated carbocycles. The maximum Gasteiger partial charge on any atom is 0.239 e. The van der Waals surface area contributed by atoms with Crippen molar-refractivity contribution in [2.24, 2.45) is 0 Å². The van der Waals surface area contributed by atoms with Gasteiger partial charge in [0.25, 0.3) is 0 Å². The van der Waals surface area contributed by atoms with Crippen LogP contribution in [-0.2, 0) is 16.1 Å². The fraction of sp³-hybridized carbons (Fsp3) is 0.217. The van der Waals surface area contributed by atoms with Gasteiger partial charge in [0.1, 0.15) is 5.75 Å². The van der Waals surface area contributed by atoms with Crippen LogP contribution >= 0.6 is 0 Å². The first-order valence-corrected chi connectivity index (χ1v) is 9.40. The van der Waals surface area contributed by atoms with E-state index in [-0.39, 0.29) is 18.4 Å². The summed E-state index contributed by atoms with van der Waals surface area (Å²) in [6, 6.07) is 23.6. The predicted molar refractivity (Wildman–Crippen MR) is 110 cm³/mol. The fourth-order valence-electron chi connectivity index (χ4n) is 2.86. The third-order valence-corrected chi connectivity index (χ3v) is 4.33. The van der Waals surface area contributed by atoms with E-state index in [1.165, 1.54) is 0 Å². The van der Waals surface area contributed by atoms with Crippen LogP contribution in [0.25, 0.3) is 10.8 Å². The molecule has 3 aromatic rings. The number of ether oxygens (including phenoxy) is 1. The minimum absolute atomic E-state index is 0.0180. The first-order chi connectivity index (χ1) is 13.7. The van der Waals surface area contributed by atoms with Crippen molar-refractivity contribution in [2.75, 3.05) is 13.2 Å². The van der Waals surface area contributed by atoms with E-state index in [1.54, 1.807) is 0 Å². The van der Waals surface area contributed by atoms with Crippen LogP contribution in [0.2, 0.25) is 0 Å². The van der Waals surface area contributed by atoms with Crippen molar-refractivity contribution in [3.8, 4) is 5.75 Å². The average molecular weight is 376 g/mol. The molecule has 144 valence electrons. The number of rotatable bonds is 9. The highest BCUT2D eigenvalue weighted by atomic mass is 16.5. The van der Waals surface area contributed by atoms with E-state index in [0.717, 1.165) is 22.1 Å². The molecule has 0 heterocycles. The maximum atomic E-state index is 11.9. The van der Waals surface area contributed by atoms with Gasteiger partial charge < -0.3 is 15.4 Å². The van der Waals surface area contributed by atoms with Crippen LogP contribution in [0, 0.1) is 0 Å². The number of hydrogen-bond donors (Lipinski definition) is 2. The topological polar surface area (TPSA) is 67.4 Å². The molecule has 2 amide bonds. The average Bonchev–Trinajstić information content (AvgIpc) is 2.74.